The lowest BCUT2D eigenvalue weighted by Gasteiger charge is -1.95. The molecule has 11 heavy (non-hydrogen) atoms. The highest BCUT2D eigenvalue weighted by molar-refractivity contribution is 5.38. The van der Waals surface area contributed by atoms with Crippen molar-refractivity contribution in [1.82, 2.24) is 0 Å². The molecule has 1 N–H and O–H groups in total. The molecule has 0 amide bonds. The number of benzene rings is 1. The summed E-state index contributed by atoms with van der Waals surface area (Å²) in [4.78, 5) is 0. The normalized spacial score (nSPS) is 9.18. The number of phenols is 1. The first-order valence-corrected chi connectivity index (χ1v) is 2.73. The van der Waals surface area contributed by atoms with E-state index in [1.807, 2.05) is 0 Å². The number of rotatable bonds is 0. The maximum Gasteiger partial charge on any atom is 0.182 e. The number of phenolic OH excluding ortho intramolecular Hbond substituents is 1. The SMILES string of the molecule is N#Cc1cc(F)cc(O)c1F. The van der Waals surface area contributed by atoms with Crippen LogP contribution in [0.2, 0.25) is 0 Å². The van der Waals surface area contributed by atoms with Crippen molar-refractivity contribution in [2.75, 3.05) is 0 Å². The predicted molar refractivity (Wildman–Crippen MR) is 32.7 cm³/mol. The molecule has 0 saturated heterocycles. The van der Waals surface area contributed by atoms with Crippen LogP contribution in [0.25, 0.3) is 0 Å². The van der Waals surface area contributed by atoms with E-state index < -0.39 is 22.9 Å². The van der Waals surface area contributed by atoms with Gasteiger partial charge in [-0.2, -0.15) is 5.26 Å². The van der Waals surface area contributed by atoms with Gasteiger partial charge in [-0.05, 0) is 6.07 Å². The number of aromatic hydroxyl groups is 1. The lowest BCUT2D eigenvalue weighted by atomic mass is 10.2. The third-order valence-electron chi connectivity index (χ3n) is 1.14. The number of nitrogens with zero attached hydrogens (tertiary/aromatic N) is 1. The molecular formula is C7H3F2NO. The summed E-state index contributed by atoms with van der Waals surface area (Å²) in [6.45, 7) is 0. The van der Waals surface area contributed by atoms with E-state index in [0.717, 1.165) is 6.07 Å². The first-order chi connectivity index (χ1) is 5.15. The Morgan fingerprint density at radius 1 is 1.36 bits per heavy atom. The molecule has 0 aliphatic rings. The Kier molecular flexibility index (Phi) is 1.73. The molecular weight excluding hydrogens is 152 g/mol. The molecule has 1 rings (SSSR count). The molecule has 56 valence electrons. The van der Waals surface area contributed by atoms with Crippen LogP contribution in [0.1, 0.15) is 5.56 Å². The van der Waals surface area contributed by atoms with Gasteiger partial charge in [0.1, 0.15) is 11.9 Å². The third kappa shape index (κ3) is 1.27. The second-order valence-corrected chi connectivity index (χ2v) is 1.90. The second-order valence-electron chi connectivity index (χ2n) is 1.90. The first kappa shape index (κ1) is 7.48. The van der Waals surface area contributed by atoms with Gasteiger partial charge in [-0.15, -0.1) is 0 Å². The minimum atomic E-state index is -1.09. The molecule has 0 atom stereocenters. The van der Waals surface area contributed by atoms with Crippen molar-refractivity contribution in [3.05, 3.63) is 29.3 Å². The molecule has 0 aliphatic heterocycles. The van der Waals surface area contributed by atoms with Crippen LogP contribution in [-0.4, -0.2) is 5.11 Å². The van der Waals surface area contributed by atoms with Crippen molar-refractivity contribution >= 4 is 0 Å². The van der Waals surface area contributed by atoms with Crippen LogP contribution in [0.5, 0.6) is 5.75 Å². The zero-order valence-corrected chi connectivity index (χ0v) is 5.31. The minimum absolute atomic E-state index is 0.498. The molecule has 4 heteroatoms. The zero-order chi connectivity index (χ0) is 8.43. The van der Waals surface area contributed by atoms with Crippen LogP contribution < -0.4 is 0 Å². The average Bonchev–Trinajstić information content (AvgIpc) is 1.96. The molecule has 0 bridgehead atoms. The van der Waals surface area contributed by atoms with Crippen LogP contribution in [0.4, 0.5) is 8.78 Å². The van der Waals surface area contributed by atoms with E-state index in [1.165, 1.54) is 6.07 Å². The second kappa shape index (κ2) is 2.54. The van der Waals surface area contributed by atoms with Gasteiger partial charge in [0.15, 0.2) is 11.6 Å². The van der Waals surface area contributed by atoms with E-state index in [9.17, 15) is 8.78 Å². The van der Waals surface area contributed by atoms with Crippen LogP contribution >= 0.6 is 0 Å². The summed E-state index contributed by atoms with van der Waals surface area (Å²) >= 11 is 0. The van der Waals surface area contributed by atoms with E-state index in [4.69, 9.17) is 10.4 Å². The quantitative estimate of drug-likeness (QED) is 0.617. The van der Waals surface area contributed by atoms with E-state index in [-0.39, 0.29) is 0 Å². The van der Waals surface area contributed by atoms with Gasteiger partial charge < -0.3 is 5.11 Å². The van der Waals surface area contributed by atoms with Crippen molar-refractivity contribution in [3.8, 4) is 11.8 Å². The van der Waals surface area contributed by atoms with Crippen molar-refractivity contribution < 1.29 is 13.9 Å². The van der Waals surface area contributed by atoms with Gasteiger partial charge in [-0.1, -0.05) is 0 Å². The van der Waals surface area contributed by atoms with E-state index in [1.54, 1.807) is 0 Å². The number of hydrogen-bond acceptors (Lipinski definition) is 2. The van der Waals surface area contributed by atoms with Crippen molar-refractivity contribution in [3.63, 3.8) is 0 Å². The summed E-state index contributed by atoms with van der Waals surface area (Å²) in [5.74, 6) is -2.77. The van der Waals surface area contributed by atoms with Crippen molar-refractivity contribution in [2.45, 2.75) is 0 Å². The number of nitriles is 1. The highest BCUT2D eigenvalue weighted by Crippen LogP contribution is 2.19. The van der Waals surface area contributed by atoms with Gasteiger partial charge in [0.25, 0.3) is 0 Å². The summed E-state index contributed by atoms with van der Waals surface area (Å²) in [6, 6.07) is 2.73. The minimum Gasteiger partial charge on any atom is -0.505 e. The predicted octanol–water partition coefficient (Wildman–Crippen LogP) is 1.54. The summed E-state index contributed by atoms with van der Waals surface area (Å²) in [5, 5.41) is 16.8. The van der Waals surface area contributed by atoms with Crippen LogP contribution in [-0.2, 0) is 0 Å². The molecule has 0 heterocycles. The molecule has 0 fully saturated rings. The third-order valence-corrected chi connectivity index (χ3v) is 1.14. The highest BCUT2D eigenvalue weighted by atomic mass is 19.1. The number of halogens is 2. The standard InChI is InChI=1S/C7H3F2NO/c8-5-1-4(3-10)7(9)6(11)2-5/h1-2,11H. The fraction of sp³-hybridized carbons (Fsp3) is 0. The fourth-order valence-corrected chi connectivity index (χ4v) is 0.656. The Hall–Kier alpha value is -1.63. The Morgan fingerprint density at radius 2 is 2.00 bits per heavy atom. The lowest BCUT2D eigenvalue weighted by molar-refractivity contribution is 0.425. The Balaban J connectivity index is 3.39. The van der Waals surface area contributed by atoms with E-state index in [0.29, 0.717) is 6.07 Å². The Labute approximate surface area is 61.3 Å². The summed E-state index contributed by atoms with van der Waals surface area (Å²) in [7, 11) is 0. The number of hydrogen-bond donors (Lipinski definition) is 1. The topological polar surface area (TPSA) is 44.0 Å². The van der Waals surface area contributed by atoms with Crippen molar-refractivity contribution in [1.29, 1.82) is 5.26 Å². The van der Waals surface area contributed by atoms with Crippen LogP contribution in [0.3, 0.4) is 0 Å². The van der Waals surface area contributed by atoms with Gasteiger partial charge in [0.2, 0.25) is 0 Å². The van der Waals surface area contributed by atoms with Gasteiger partial charge in [0, 0.05) is 6.07 Å². The van der Waals surface area contributed by atoms with Gasteiger partial charge in [-0.3, -0.25) is 0 Å². The molecule has 0 aliphatic carbocycles. The Bertz CT molecular complexity index is 330. The molecule has 0 saturated carbocycles. The fourth-order valence-electron chi connectivity index (χ4n) is 0.656. The lowest BCUT2D eigenvalue weighted by Crippen LogP contribution is -1.86. The van der Waals surface area contributed by atoms with Gasteiger partial charge >= 0.3 is 0 Å². The summed E-state index contributed by atoms with van der Waals surface area (Å²) in [5.41, 5.74) is -0.498. The maximum atomic E-state index is 12.5. The molecule has 0 aromatic heterocycles. The summed E-state index contributed by atoms with van der Waals surface area (Å²) in [6.07, 6.45) is 0. The smallest absolute Gasteiger partial charge is 0.182 e. The van der Waals surface area contributed by atoms with Crippen molar-refractivity contribution in [2.24, 2.45) is 0 Å². The van der Waals surface area contributed by atoms with Crippen LogP contribution in [0.15, 0.2) is 12.1 Å². The first-order valence-electron chi connectivity index (χ1n) is 2.73. The molecule has 1 aromatic rings. The molecule has 0 unspecified atom stereocenters. The maximum absolute atomic E-state index is 12.5. The highest BCUT2D eigenvalue weighted by Gasteiger charge is 2.08. The monoisotopic (exact) mass is 155 g/mol. The molecule has 2 nitrogen and oxygen atoms in total. The average molecular weight is 155 g/mol. The molecule has 1 aromatic carbocycles. The van der Waals surface area contributed by atoms with E-state index in [2.05, 4.69) is 0 Å². The van der Waals surface area contributed by atoms with Gasteiger partial charge in [0.05, 0.1) is 5.56 Å². The zero-order valence-electron chi connectivity index (χ0n) is 5.31. The molecule has 0 radical (unpaired) electrons. The largest absolute Gasteiger partial charge is 0.505 e. The van der Waals surface area contributed by atoms with E-state index >= 15 is 0 Å². The van der Waals surface area contributed by atoms with Crippen LogP contribution in [0, 0.1) is 23.0 Å². The van der Waals surface area contributed by atoms with Gasteiger partial charge in [-0.25, -0.2) is 8.78 Å². The Morgan fingerprint density at radius 3 is 2.55 bits per heavy atom. The molecule has 0 spiro atoms. The summed E-state index contributed by atoms with van der Waals surface area (Å²) < 4.78 is 24.9.